The molecule has 0 unspecified atom stereocenters. The highest BCUT2D eigenvalue weighted by Gasteiger charge is 2.31. The third-order valence-electron chi connectivity index (χ3n) is 4.03. The quantitative estimate of drug-likeness (QED) is 0.719. The van der Waals surface area contributed by atoms with E-state index >= 15 is 0 Å². The van der Waals surface area contributed by atoms with Gasteiger partial charge in [0.1, 0.15) is 0 Å². The van der Waals surface area contributed by atoms with Gasteiger partial charge in [-0.15, -0.1) is 0 Å². The molecule has 1 aromatic carbocycles. The monoisotopic (exact) mass is 379 g/mol. The lowest BCUT2D eigenvalue weighted by atomic mass is 9.92. The van der Waals surface area contributed by atoms with Gasteiger partial charge in [0, 0.05) is 12.1 Å². The van der Waals surface area contributed by atoms with Crippen molar-refractivity contribution in [3.63, 3.8) is 0 Å². The zero-order valence-electron chi connectivity index (χ0n) is 13.3. The molecular weight excluding hydrogens is 359 g/mol. The second-order valence-electron chi connectivity index (χ2n) is 6.03. The van der Waals surface area contributed by atoms with E-state index in [1.807, 2.05) is 4.72 Å². The molecule has 1 amide bonds. The Morgan fingerprint density at radius 2 is 1.84 bits per heavy atom. The van der Waals surface area contributed by atoms with Gasteiger partial charge in [-0.2, -0.15) is 13.2 Å². The fourth-order valence-corrected chi connectivity index (χ4v) is 3.65. The molecule has 0 aliphatic heterocycles. The number of alkyl halides is 3. The first-order chi connectivity index (χ1) is 11.6. The molecule has 0 heterocycles. The second-order valence-corrected chi connectivity index (χ2v) is 7.80. The van der Waals surface area contributed by atoms with Gasteiger partial charge in [0.25, 0.3) is 0 Å². The van der Waals surface area contributed by atoms with Crippen molar-refractivity contribution in [2.24, 2.45) is 5.73 Å². The van der Waals surface area contributed by atoms with Crippen LogP contribution in [0, 0.1) is 0 Å². The van der Waals surface area contributed by atoms with Crippen LogP contribution in [0.15, 0.2) is 29.2 Å². The van der Waals surface area contributed by atoms with Crippen LogP contribution >= 0.6 is 0 Å². The van der Waals surface area contributed by atoms with Crippen LogP contribution in [0.1, 0.15) is 31.2 Å². The Labute approximate surface area is 144 Å². The van der Waals surface area contributed by atoms with Gasteiger partial charge in [-0.25, -0.2) is 13.1 Å². The minimum Gasteiger partial charge on any atom is -0.352 e. The Morgan fingerprint density at radius 1 is 1.20 bits per heavy atom. The molecule has 0 bridgehead atoms. The van der Waals surface area contributed by atoms with Gasteiger partial charge in [0.05, 0.1) is 17.0 Å². The maximum absolute atomic E-state index is 12.7. The third-order valence-corrected chi connectivity index (χ3v) is 5.43. The Kier molecular flexibility index (Phi) is 6.07. The molecule has 0 saturated heterocycles. The van der Waals surface area contributed by atoms with E-state index in [4.69, 9.17) is 5.73 Å². The lowest BCUT2D eigenvalue weighted by molar-refractivity contribution is -0.137. The van der Waals surface area contributed by atoms with E-state index in [0.717, 1.165) is 31.0 Å². The summed E-state index contributed by atoms with van der Waals surface area (Å²) in [6.45, 7) is -0.541. The molecule has 0 aromatic heterocycles. The Balaban J connectivity index is 1.94. The molecule has 1 saturated carbocycles. The van der Waals surface area contributed by atoms with Crippen molar-refractivity contribution in [3.05, 3.63) is 29.8 Å². The van der Waals surface area contributed by atoms with Gasteiger partial charge < -0.3 is 11.1 Å². The van der Waals surface area contributed by atoms with E-state index in [1.54, 1.807) is 0 Å². The van der Waals surface area contributed by atoms with E-state index in [1.165, 1.54) is 0 Å². The number of nitrogens with two attached hydrogens (primary N) is 1. The van der Waals surface area contributed by atoms with E-state index in [9.17, 15) is 26.4 Å². The highest BCUT2D eigenvalue weighted by Crippen LogP contribution is 2.30. The third kappa shape index (κ3) is 5.68. The van der Waals surface area contributed by atoms with Crippen molar-refractivity contribution >= 4 is 15.9 Å². The van der Waals surface area contributed by atoms with Gasteiger partial charge in [0.15, 0.2) is 0 Å². The van der Waals surface area contributed by atoms with E-state index in [0.29, 0.717) is 18.9 Å². The molecule has 1 fully saturated rings. The van der Waals surface area contributed by atoms with Crippen molar-refractivity contribution in [2.45, 2.75) is 48.8 Å². The number of halogens is 3. The number of carbonyl (C=O) groups excluding carboxylic acids is 1. The van der Waals surface area contributed by atoms with Crippen LogP contribution in [-0.4, -0.2) is 33.0 Å². The summed E-state index contributed by atoms with van der Waals surface area (Å²) < 4.78 is 64.2. The Morgan fingerprint density at radius 3 is 2.44 bits per heavy atom. The zero-order valence-corrected chi connectivity index (χ0v) is 14.2. The summed E-state index contributed by atoms with van der Waals surface area (Å²) in [5.74, 6) is -0.531. The molecule has 1 aromatic rings. The molecular formula is C15H20F3N3O3S. The van der Waals surface area contributed by atoms with E-state index < -0.39 is 39.1 Å². The maximum atomic E-state index is 12.7. The predicted octanol–water partition coefficient (Wildman–Crippen LogP) is 1.37. The molecule has 10 heteroatoms. The molecule has 0 atom stereocenters. The number of nitrogens with one attached hydrogen (secondary N) is 2. The predicted molar refractivity (Wildman–Crippen MR) is 85.0 cm³/mol. The zero-order chi connectivity index (χ0) is 18.7. The average molecular weight is 379 g/mol. The minimum absolute atomic E-state index is 0.0645. The number of hydrogen-bond donors (Lipinski definition) is 3. The number of rotatable bonds is 5. The second kappa shape index (κ2) is 7.71. The van der Waals surface area contributed by atoms with E-state index in [-0.39, 0.29) is 12.1 Å². The largest absolute Gasteiger partial charge is 0.416 e. The molecule has 2 rings (SSSR count). The smallest absolute Gasteiger partial charge is 0.352 e. The fraction of sp³-hybridized carbons (Fsp3) is 0.533. The van der Waals surface area contributed by atoms with Crippen molar-refractivity contribution in [2.75, 3.05) is 6.54 Å². The molecule has 1 aliphatic carbocycles. The van der Waals surface area contributed by atoms with Crippen molar-refractivity contribution in [1.29, 1.82) is 0 Å². The SMILES string of the molecule is NC1CCC(NC(=O)CNS(=O)(=O)c2cccc(C(F)(F)F)c2)CC1. The summed E-state index contributed by atoms with van der Waals surface area (Å²) in [5.41, 5.74) is 4.70. The number of amides is 1. The van der Waals surface area contributed by atoms with Crippen molar-refractivity contribution < 1.29 is 26.4 Å². The molecule has 6 nitrogen and oxygen atoms in total. The molecule has 1 aliphatic rings. The van der Waals surface area contributed by atoms with Gasteiger partial charge >= 0.3 is 6.18 Å². The first kappa shape index (κ1) is 19.7. The highest BCUT2D eigenvalue weighted by molar-refractivity contribution is 7.89. The number of benzene rings is 1. The van der Waals surface area contributed by atoms with Crippen molar-refractivity contribution in [1.82, 2.24) is 10.0 Å². The molecule has 0 spiro atoms. The van der Waals surface area contributed by atoms with Gasteiger partial charge in [-0.1, -0.05) is 6.07 Å². The normalized spacial score (nSPS) is 21.8. The first-order valence-electron chi connectivity index (χ1n) is 7.80. The summed E-state index contributed by atoms with van der Waals surface area (Å²) in [5, 5.41) is 2.70. The highest BCUT2D eigenvalue weighted by atomic mass is 32.2. The van der Waals surface area contributed by atoms with Crippen LogP contribution < -0.4 is 15.8 Å². The lowest BCUT2D eigenvalue weighted by Gasteiger charge is -2.26. The fourth-order valence-electron chi connectivity index (χ4n) is 2.63. The van der Waals surface area contributed by atoms with E-state index in [2.05, 4.69) is 5.32 Å². The number of sulfonamides is 1. The summed E-state index contributed by atoms with van der Waals surface area (Å²) >= 11 is 0. The van der Waals surface area contributed by atoms with Crippen LogP contribution in [0.2, 0.25) is 0 Å². The molecule has 140 valence electrons. The minimum atomic E-state index is -4.65. The lowest BCUT2D eigenvalue weighted by Crippen LogP contribution is -2.44. The summed E-state index contributed by atoms with van der Waals surface area (Å²) in [6.07, 6.45) is -1.66. The summed E-state index contributed by atoms with van der Waals surface area (Å²) in [7, 11) is -4.22. The Bertz CT molecular complexity index is 714. The topological polar surface area (TPSA) is 101 Å². The number of carbonyl (C=O) groups is 1. The Hall–Kier alpha value is -1.65. The molecule has 25 heavy (non-hydrogen) atoms. The van der Waals surface area contributed by atoms with Gasteiger partial charge in [-0.3, -0.25) is 4.79 Å². The van der Waals surface area contributed by atoms with Crippen LogP contribution in [0.3, 0.4) is 0 Å². The molecule has 4 N–H and O–H groups in total. The van der Waals surface area contributed by atoms with Crippen LogP contribution in [0.5, 0.6) is 0 Å². The van der Waals surface area contributed by atoms with Gasteiger partial charge in [0.2, 0.25) is 15.9 Å². The molecule has 0 radical (unpaired) electrons. The first-order valence-corrected chi connectivity index (χ1v) is 9.28. The average Bonchev–Trinajstić information content (AvgIpc) is 2.55. The van der Waals surface area contributed by atoms with Crippen LogP contribution in [-0.2, 0) is 21.0 Å². The van der Waals surface area contributed by atoms with Crippen molar-refractivity contribution in [3.8, 4) is 0 Å². The van der Waals surface area contributed by atoms with Gasteiger partial charge in [-0.05, 0) is 43.9 Å². The standard InChI is InChI=1S/C15H20F3N3O3S/c16-15(17,18)10-2-1-3-13(8-10)25(23,24)20-9-14(22)21-12-6-4-11(19)5-7-12/h1-3,8,11-12,20H,4-7,9,19H2,(H,21,22). The van der Waals surface area contributed by atoms with Crippen LogP contribution in [0.25, 0.3) is 0 Å². The van der Waals surface area contributed by atoms with Crippen LogP contribution in [0.4, 0.5) is 13.2 Å². The summed E-state index contributed by atoms with van der Waals surface area (Å²) in [4.78, 5) is 11.3. The summed E-state index contributed by atoms with van der Waals surface area (Å²) in [6, 6.07) is 3.40. The maximum Gasteiger partial charge on any atom is 0.416 e. The number of hydrogen-bond acceptors (Lipinski definition) is 4.